The van der Waals surface area contributed by atoms with E-state index in [2.05, 4.69) is 13.8 Å². The first kappa shape index (κ1) is 71.6. The van der Waals surface area contributed by atoms with E-state index in [1.54, 1.807) is 84.9 Å². The molecule has 0 aromatic heterocycles. The predicted molar refractivity (Wildman–Crippen MR) is 363 cm³/mol. The highest BCUT2D eigenvalue weighted by atomic mass is 16.6. The van der Waals surface area contributed by atoms with Crippen LogP contribution in [0.3, 0.4) is 0 Å². The Balaban J connectivity index is 0.814. The van der Waals surface area contributed by atoms with Crippen molar-refractivity contribution in [2.75, 3.05) is 51.1 Å². The molecule has 0 amide bonds. The summed E-state index contributed by atoms with van der Waals surface area (Å²) in [6.45, 7) is 7.27. The van der Waals surface area contributed by atoms with Crippen LogP contribution in [0.5, 0.6) is 34.5 Å². The van der Waals surface area contributed by atoms with Gasteiger partial charge in [-0.2, -0.15) is 0 Å². The summed E-state index contributed by atoms with van der Waals surface area (Å²) in [5.41, 5.74) is 15.0. The molecule has 0 fully saturated rings. The molecule has 0 aliphatic carbocycles. The molecule has 0 aliphatic rings. The number of rotatable bonds is 46. The molecule has 0 heterocycles. The van der Waals surface area contributed by atoms with Crippen LogP contribution >= 0.6 is 0 Å². The highest BCUT2D eigenvalue weighted by Crippen LogP contribution is 2.34. The fourth-order valence-corrected chi connectivity index (χ4v) is 10.1. The zero-order valence-electron chi connectivity index (χ0n) is 53.9. The molecule has 4 N–H and O–H groups in total. The maximum absolute atomic E-state index is 14.4. The second kappa shape index (κ2) is 42.5. The predicted octanol–water partition coefficient (Wildman–Crippen LogP) is 17.5. The van der Waals surface area contributed by atoms with Gasteiger partial charge in [0.05, 0.1) is 39.6 Å². The lowest BCUT2D eigenvalue weighted by molar-refractivity contribution is -0.173. The molecular weight excluding hydrogens is 1140 g/mol. The molecule has 0 spiro atoms. The minimum Gasteiger partial charge on any atom is -0.494 e. The average Bonchev–Trinajstić information content (AvgIpc) is 1.24. The molecule has 0 radical (unpaired) electrons. The number of hydrogen-bond acceptors (Lipinski definition) is 14. The SMILES string of the molecule is CCCCOc1ccc(OC(=O)/C=C/c2ccc(OCCCCCCCCCCCOC(=O)C(Cc3ccc(N)cc3)(Cc3ccc(N)cc3)C(=O)OCCCCCCCCCCCOc3ccc(/C=C/C(=O)Oc4ccc(OCCCC)cc4)cc3)cc2)cc1. The monoisotopic (exact) mass is 1240 g/mol. The van der Waals surface area contributed by atoms with Gasteiger partial charge in [-0.05, 0) is 183 Å². The summed E-state index contributed by atoms with van der Waals surface area (Å²) < 4.78 is 46.2. The zero-order valence-corrected chi connectivity index (χ0v) is 53.9. The minimum atomic E-state index is -1.61. The summed E-state index contributed by atoms with van der Waals surface area (Å²) in [5, 5.41) is 0. The van der Waals surface area contributed by atoms with Crippen LogP contribution in [-0.2, 0) is 41.5 Å². The van der Waals surface area contributed by atoms with E-state index in [0.29, 0.717) is 62.1 Å². The Kier molecular flexibility index (Phi) is 33.4. The molecule has 0 aliphatic heterocycles. The van der Waals surface area contributed by atoms with Gasteiger partial charge in [-0.25, -0.2) is 9.59 Å². The molecular formula is C77H98N2O12. The molecule has 6 aromatic carbocycles. The van der Waals surface area contributed by atoms with Gasteiger partial charge in [-0.15, -0.1) is 0 Å². The number of carbonyl (C=O) groups is 4. The summed E-state index contributed by atoms with van der Waals surface area (Å²) in [6, 6.07) is 43.9. The quantitative estimate of drug-likeness (QED) is 0.00915. The molecule has 0 bridgehead atoms. The number of hydrogen-bond donors (Lipinski definition) is 2. The van der Waals surface area contributed by atoms with Gasteiger partial charge in [0.15, 0.2) is 5.41 Å². The second-order valence-electron chi connectivity index (χ2n) is 23.2. The Bertz CT molecular complexity index is 2840. The molecule has 14 nitrogen and oxygen atoms in total. The molecule has 0 atom stereocenters. The maximum Gasteiger partial charge on any atom is 0.336 e. The van der Waals surface area contributed by atoms with E-state index in [0.717, 1.165) is 174 Å². The van der Waals surface area contributed by atoms with E-state index in [1.165, 1.54) is 12.2 Å². The summed E-state index contributed by atoms with van der Waals surface area (Å²) in [6.07, 6.45) is 29.0. The first-order valence-corrected chi connectivity index (χ1v) is 33.2. The van der Waals surface area contributed by atoms with Gasteiger partial charge >= 0.3 is 23.9 Å². The molecule has 91 heavy (non-hydrogen) atoms. The first-order chi connectivity index (χ1) is 44.5. The number of unbranched alkanes of at least 4 members (excludes halogenated alkanes) is 18. The maximum atomic E-state index is 14.4. The summed E-state index contributed by atoms with van der Waals surface area (Å²) in [4.78, 5) is 53.6. The Labute approximate surface area is 541 Å². The Morgan fingerprint density at radius 1 is 0.330 bits per heavy atom. The van der Waals surface area contributed by atoms with Crippen LogP contribution in [0, 0.1) is 5.41 Å². The molecule has 0 unspecified atom stereocenters. The number of carbonyl (C=O) groups excluding carboxylic acids is 4. The van der Waals surface area contributed by atoms with Crippen LogP contribution in [0.15, 0.2) is 158 Å². The lowest BCUT2D eigenvalue weighted by atomic mass is 9.76. The lowest BCUT2D eigenvalue weighted by Gasteiger charge is -2.30. The van der Waals surface area contributed by atoms with E-state index in [-0.39, 0.29) is 26.1 Å². The van der Waals surface area contributed by atoms with Crippen molar-refractivity contribution in [1.29, 1.82) is 0 Å². The van der Waals surface area contributed by atoms with Gasteiger partial charge in [0.25, 0.3) is 0 Å². The number of esters is 4. The summed E-state index contributed by atoms with van der Waals surface area (Å²) >= 11 is 0. The van der Waals surface area contributed by atoms with Gasteiger partial charge < -0.3 is 49.4 Å². The zero-order chi connectivity index (χ0) is 64.4. The van der Waals surface area contributed by atoms with Gasteiger partial charge in [-0.1, -0.05) is 165 Å². The van der Waals surface area contributed by atoms with Gasteiger partial charge in [-0.3, -0.25) is 9.59 Å². The highest BCUT2D eigenvalue weighted by Gasteiger charge is 2.49. The van der Waals surface area contributed by atoms with Crippen LogP contribution in [-0.4, -0.2) is 63.5 Å². The molecule has 0 saturated carbocycles. The Morgan fingerprint density at radius 3 is 0.901 bits per heavy atom. The second-order valence-corrected chi connectivity index (χ2v) is 23.2. The van der Waals surface area contributed by atoms with E-state index in [1.807, 2.05) is 72.8 Å². The van der Waals surface area contributed by atoms with E-state index < -0.39 is 29.3 Å². The number of anilines is 2. The first-order valence-electron chi connectivity index (χ1n) is 33.2. The van der Waals surface area contributed by atoms with Crippen LogP contribution in [0.4, 0.5) is 11.4 Å². The largest absolute Gasteiger partial charge is 0.494 e. The number of benzene rings is 6. The van der Waals surface area contributed by atoms with Crippen molar-refractivity contribution in [3.05, 3.63) is 180 Å². The van der Waals surface area contributed by atoms with Gasteiger partial charge in [0, 0.05) is 23.5 Å². The van der Waals surface area contributed by atoms with E-state index >= 15 is 0 Å². The van der Waals surface area contributed by atoms with Crippen molar-refractivity contribution in [3.8, 4) is 34.5 Å². The summed E-state index contributed by atoms with van der Waals surface area (Å²) in [5.74, 6) is 1.95. The smallest absolute Gasteiger partial charge is 0.336 e. The molecule has 488 valence electrons. The third-order valence-corrected chi connectivity index (χ3v) is 15.5. The fraction of sp³-hybridized carbons (Fsp3) is 0.429. The third-order valence-electron chi connectivity index (χ3n) is 15.5. The third kappa shape index (κ3) is 28.9. The van der Waals surface area contributed by atoms with Crippen molar-refractivity contribution in [3.63, 3.8) is 0 Å². The number of ether oxygens (including phenoxy) is 8. The van der Waals surface area contributed by atoms with Crippen LogP contribution in [0.25, 0.3) is 12.2 Å². The van der Waals surface area contributed by atoms with Crippen molar-refractivity contribution in [2.24, 2.45) is 5.41 Å². The number of nitrogen functional groups attached to an aromatic ring is 2. The van der Waals surface area contributed by atoms with Crippen molar-refractivity contribution < 1.29 is 57.1 Å². The molecule has 6 aromatic rings. The van der Waals surface area contributed by atoms with Gasteiger partial charge in [0.1, 0.15) is 34.5 Å². The normalized spacial score (nSPS) is 11.4. The van der Waals surface area contributed by atoms with Crippen molar-refractivity contribution in [1.82, 2.24) is 0 Å². The average molecular weight is 1240 g/mol. The standard InChI is InChI=1S/C77H98N2O12/c1-3-5-53-84-69-43-47-71(48-44-69)90-73(80)51-33-61-29-39-67(40-30-61)86-55-21-17-13-9-7-11-15-19-23-57-88-75(82)77(59-63-25-35-65(78)36-26-63,60-64-27-37-66(79)38-28-64)76(83)89-58-24-20-16-12-8-10-14-18-22-56-87-68-41-31-62(32-42-68)34-52-74(81)91-72-49-45-70(46-50-72)85-54-6-4-2/h25-52H,3-24,53-60,78-79H2,1-2H3/b51-33+,52-34+. The van der Waals surface area contributed by atoms with Crippen LogP contribution in [0.1, 0.15) is 177 Å². The van der Waals surface area contributed by atoms with Gasteiger partial charge in [0.2, 0.25) is 0 Å². The summed E-state index contributed by atoms with van der Waals surface area (Å²) in [7, 11) is 0. The van der Waals surface area contributed by atoms with E-state index in [4.69, 9.17) is 49.4 Å². The van der Waals surface area contributed by atoms with Crippen molar-refractivity contribution >= 4 is 47.4 Å². The molecule has 14 heteroatoms. The topological polar surface area (TPSA) is 194 Å². The Morgan fingerprint density at radius 2 is 0.593 bits per heavy atom. The van der Waals surface area contributed by atoms with Crippen molar-refractivity contribution in [2.45, 2.75) is 168 Å². The van der Waals surface area contributed by atoms with E-state index in [9.17, 15) is 19.2 Å². The highest BCUT2D eigenvalue weighted by molar-refractivity contribution is 6.01. The van der Waals surface area contributed by atoms with Crippen LogP contribution < -0.4 is 39.9 Å². The molecule has 0 saturated heterocycles. The lowest BCUT2D eigenvalue weighted by Crippen LogP contribution is -2.46. The number of nitrogens with two attached hydrogens (primary N) is 2. The van der Waals surface area contributed by atoms with Crippen LogP contribution in [0.2, 0.25) is 0 Å². The molecule has 6 rings (SSSR count). The fourth-order valence-electron chi connectivity index (χ4n) is 10.1. The Hall–Kier alpha value is -8.52. The minimum absolute atomic E-state index is 0.103.